The van der Waals surface area contributed by atoms with E-state index in [1.54, 1.807) is 4.90 Å². The van der Waals surface area contributed by atoms with Crippen LogP contribution in [0.5, 0.6) is 5.75 Å². The molecule has 4 aliphatic rings. The molecule has 2 aromatic carbocycles. The van der Waals surface area contributed by atoms with Gasteiger partial charge in [-0.3, -0.25) is 29.7 Å². The molecule has 36 heavy (non-hydrogen) atoms. The first-order chi connectivity index (χ1) is 17.5. The van der Waals surface area contributed by atoms with E-state index in [2.05, 4.69) is 44.7 Å². The molecule has 3 amide bonds. The van der Waals surface area contributed by atoms with E-state index >= 15 is 0 Å². The molecule has 2 N–H and O–H groups in total. The summed E-state index contributed by atoms with van der Waals surface area (Å²) in [5.41, 5.74) is 5.05. The zero-order valence-electron chi connectivity index (χ0n) is 19.9. The number of fused-ring (bicyclic) bond motifs is 4. The largest absolute Gasteiger partial charge is 0.492 e. The highest BCUT2D eigenvalue weighted by molar-refractivity contribution is 6.05. The van der Waals surface area contributed by atoms with Crippen molar-refractivity contribution in [3.8, 4) is 5.75 Å². The number of nitrogens with zero attached hydrogens (tertiary/aromatic N) is 3. The second-order valence-electron chi connectivity index (χ2n) is 10.5. The van der Waals surface area contributed by atoms with Gasteiger partial charge in [-0.1, -0.05) is 12.1 Å². The lowest BCUT2D eigenvalue weighted by molar-refractivity contribution is -0.136. The number of rotatable bonds is 3. The Hall–Kier alpha value is -3.72. The highest BCUT2D eigenvalue weighted by Gasteiger charge is 2.46. The molecule has 4 aliphatic heterocycles. The number of amides is 3. The van der Waals surface area contributed by atoms with Crippen LogP contribution in [0.3, 0.4) is 0 Å². The van der Waals surface area contributed by atoms with Crippen LogP contribution in [0.4, 0.5) is 0 Å². The number of ether oxygens (including phenoxy) is 1. The lowest BCUT2D eigenvalue weighted by atomic mass is 9.74. The molecule has 2 saturated heterocycles. The molecular formula is C27H27N5O4. The van der Waals surface area contributed by atoms with Gasteiger partial charge in [0.15, 0.2) is 0 Å². The molecule has 0 bridgehead atoms. The summed E-state index contributed by atoms with van der Waals surface area (Å²) in [6.07, 6.45) is 4.46. The van der Waals surface area contributed by atoms with Crippen molar-refractivity contribution in [3.63, 3.8) is 0 Å². The van der Waals surface area contributed by atoms with Gasteiger partial charge in [-0.25, -0.2) is 0 Å². The van der Waals surface area contributed by atoms with E-state index in [0.29, 0.717) is 25.1 Å². The molecule has 1 aromatic heterocycles. The molecule has 1 spiro atoms. The van der Waals surface area contributed by atoms with Gasteiger partial charge in [-0.2, -0.15) is 5.10 Å². The summed E-state index contributed by atoms with van der Waals surface area (Å²) in [5.74, 6) is -0.0177. The third-order valence-electron chi connectivity index (χ3n) is 8.42. The van der Waals surface area contributed by atoms with Gasteiger partial charge >= 0.3 is 0 Å². The highest BCUT2D eigenvalue weighted by Crippen LogP contribution is 2.48. The fourth-order valence-corrected chi connectivity index (χ4v) is 6.32. The fraction of sp³-hybridized carbons (Fsp3) is 0.407. The first-order valence-corrected chi connectivity index (χ1v) is 12.6. The van der Waals surface area contributed by atoms with Crippen LogP contribution in [-0.2, 0) is 28.1 Å². The maximum Gasteiger partial charge on any atom is 0.255 e. The standard InChI is InChI=1S/C27H27N5O4/c33-24-4-3-22(25(34)29-24)32-14-18-10-20-23(11-19(18)26(32)35)36-15-27(20)5-7-31(8-6-27)13-16-1-2-17-12-28-30-21(17)9-16/h1-2,9-12,22H,3-8,13-15H2,(H,28,30)(H,29,33,34). The van der Waals surface area contributed by atoms with E-state index in [4.69, 9.17) is 4.74 Å². The van der Waals surface area contributed by atoms with Crippen molar-refractivity contribution in [1.29, 1.82) is 0 Å². The second kappa shape index (κ2) is 7.89. The summed E-state index contributed by atoms with van der Waals surface area (Å²) in [6, 6.07) is 9.88. The molecule has 184 valence electrons. The number of hydrogen-bond acceptors (Lipinski definition) is 6. The molecule has 0 saturated carbocycles. The molecular weight excluding hydrogens is 458 g/mol. The number of piperidine rings is 2. The summed E-state index contributed by atoms with van der Waals surface area (Å²) >= 11 is 0. The van der Waals surface area contributed by atoms with Crippen LogP contribution < -0.4 is 10.1 Å². The van der Waals surface area contributed by atoms with E-state index < -0.39 is 6.04 Å². The number of likely N-dealkylation sites (tertiary alicyclic amines) is 1. The predicted octanol–water partition coefficient (Wildman–Crippen LogP) is 2.25. The summed E-state index contributed by atoms with van der Waals surface area (Å²) in [7, 11) is 0. The lowest BCUT2D eigenvalue weighted by Gasteiger charge is -2.38. The summed E-state index contributed by atoms with van der Waals surface area (Å²) < 4.78 is 6.15. The highest BCUT2D eigenvalue weighted by atomic mass is 16.5. The maximum absolute atomic E-state index is 13.2. The Bertz CT molecular complexity index is 1420. The zero-order valence-corrected chi connectivity index (χ0v) is 19.9. The van der Waals surface area contributed by atoms with Gasteiger partial charge in [0.25, 0.3) is 5.91 Å². The van der Waals surface area contributed by atoms with Gasteiger partial charge in [0.1, 0.15) is 11.8 Å². The number of hydrogen-bond donors (Lipinski definition) is 2. The average Bonchev–Trinajstić information content (AvgIpc) is 3.56. The topological polar surface area (TPSA) is 108 Å². The van der Waals surface area contributed by atoms with E-state index in [1.165, 1.54) is 11.1 Å². The van der Waals surface area contributed by atoms with E-state index in [9.17, 15) is 14.4 Å². The van der Waals surface area contributed by atoms with E-state index in [0.717, 1.165) is 54.7 Å². The quantitative estimate of drug-likeness (QED) is 0.551. The Morgan fingerprint density at radius 1 is 1.11 bits per heavy atom. The van der Waals surface area contributed by atoms with Gasteiger partial charge < -0.3 is 9.64 Å². The Morgan fingerprint density at radius 2 is 1.97 bits per heavy atom. The minimum atomic E-state index is -0.600. The summed E-state index contributed by atoms with van der Waals surface area (Å²) in [5, 5.41) is 10.7. The first kappa shape index (κ1) is 21.6. The van der Waals surface area contributed by atoms with Crippen LogP contribution in [0.15, 0.2) is 36.5 Å². The number of aromatic amines is 1. The monoisotopic (exact) mass is 485 g/mol. The number of imide groups is 1. The minimum Gasteiger partial charge on any atom is -0.492 e. The van der Waals surface area contributed by atoms with Crippen LogP contribution in [-0.4, -0.2) is 63.5 Å². The van der Waals surface area contributed by atoms with Gasteiger partial charge in [0.2, 0.25) is 11.8 Å². The van der Waals surface area contributed by atoms with Gasteiger partial charge in [-0.05, 0) is 61.7 Å². The van der Waals surface area contributed by atoms with Crippen LogP contribution in [0, 0.1) is 0 Å². The molecule has 9 heteroatoms. The Balaban J connectivity index is 1.08. The van der Waals surface area contributed by atoms with Crippen LogP contribution in [0.1, 0.15) is 52.7 Å². The Labute approximate surface area is 207 Å². The van der Waals surface area contributed by atoms with Crippen molar-refractivity contribution in [3.05, 3.63) is 58.8 Å². The van der Waals surface area contributed by atoms with Crippen LogP contribution in [0.2, 0.25) is 0 Å². The maximum atomic E-state index is 13.2. The third-order valence-corrected chi connectivity index (χ3v) is 8.42. The second-order valence-corrected chi connectivity index (χ2v) is 10.5. The minimum absolute atomic E-state index is 0.0424. The molecule has 5 heterocycles. The van der Waals surface area contributed by atoms with Crippen molar-refractivity contribution in [2.45, 2.75) is 50.2 Å². The molecule has 3 aromatic rings. The molecule has 9 nitrogen and oxygen atoms in total. The van der Waals surface area contributed by atoms with Crippen molar-refractivity contribution >= 4 is 28.6 Å². The smallest absolute Gasteiger partial charge is 0.255 e. The number of nitrogens with one attached hydrogen (secondary N) is 2. The first-order valence-electron chi connectivity index (χ1n) is 12.6. The molecule has 1 atom stereocenters. The summed E-state index contributed by atoms with van der Waals surface area (Å²) in [4.78, 5) is 41.2. The number of aromatic nitrogens is 2. The summed E-state index contributed by atoms with van der Waals surface area (Å²) in [6.45, 7) is 3.89. The number of benzene rings is 2. The van der Waals surface area contributed by atoms with Gasteiger partial charge in [0, 0.05) is 41.4 Å². The van der Waals surface area contributed by atoms with Crippen molar-refractivity contribution in [1.82, 2.24) is 25.3 Å². The van der Waals surface area contributed by atoms with Crippen LogP contribution in [0.25, 0.3) is 10.9 Å². The number of H-pyrrole nitrogens is 1. The number of carbonyl (C=O) groups is 3. The Kier molecular flexibility index (Phi) is 4.73. The van der Waals surface area contributed by atoms with Gasteiger partial charge in [-0.15, -0.1) is 0 Å². The van der Waals surface area contributed by atoms with E-state index in [-0.39, 0.29) is 29.6 Å². The van der Waals surface area contributed by atoms with E-state index in [1.807, 2.05) is 12.3 Å². The molecule has 0 radical (unpaired) electrons. The molecule has 2 fully saturated rings. The number of carbonyl (C=O) groups excluding carboxylic acids is 3. The molecule has 0 aliphatic carbocycles. The SMILES string of the molecule is O=C1CCC(N2Cc3cc4c(cc3C2=O)OCC42CCN(Cc3ccc4cn[nH]c4c3)CC2)C(=O)N1. The Morgan fingerprint density at radius 3 is 2.81 bits per heavy atom. The predicted molar refractivity (Wildman–Crippen MR) is 130 cm³/mol. The average molecular weight is 486 g/mol. The van der Waals surface area contributed by atoms with Crippen molar-refractivity contribution in [2.24, 2.45) is 0 Å². The third kappa shape index (κ3) is 3.33. The molecule has 1 unspecified atom stereocenters. The van der Waals surface area contributed by atoms with Crippen molar-refractivity contribution in [2.75, 3.05) is 19.7 Å². The van der Waals surface area contributed by atoms with Crippen LogP contribution >= 0.6 is 0 Å². The lowest BCUT2D eigenvalue weighted by Crippen LogP contribution is -2.52. The normalized spacial score (nSPS) is 23.2. The molecule has 7 rings (SSSR count). The van der Waals surface area contributed by atoms with Crippen molar-refractivity contribution < 1.29 is 19.1 Å². The zero-order chi connectivity index (χ0) is 24.4. The fourth-order valence-electron chi connectivity index (χ4n) is 6.32. The van der Waals surface area contributed by atoms with Gasteiger partial charge in [0.05, 0.1) is 18.3 Å².